The topological polar surface area (TPSA) is 54.7 Å². The van der Waals surface area contributed by atoms with Crippen molar-refractivity contribution in [1.82, 2.24) is 9.97 Å². The molecule has 0 aliphatic heterocycles. The van der Waals surface area contributed by atoms with Gasteiger partial charge in [0.25, 0.3) is 0 Å². The van der Waals surface area contributed by atoms with Gasteiger partial charge in [0.2, 0.25) is 0 Å². The normalized spacial score (nSPS) is 10.6. The third-order valence-corrected chi connectivity index (χ3v) is 1.86. The molecule has 0 aliphatic carbocycles. The van der Waals surface area contributed by atoms with Crippen molar-refractivity contribution in [2.45, 2.75) is 0 Å². The third kappa shape index (κ3) is 0.851. The fraction of sp³-hybridized carbons (Fsp3) is 0. The van der Waals surface area contributed by atoms with E-state index in [1.807, 2.05) is 6.07 Å². The standard InChI is InChI=1S/C7H6ClN3/c8-7-6-4(9)3-11-5(6)1-2-10-7/h1-3,11H,9H2. The Labute approximate surface area is 68.2 Å². The van der Waals surface area contributed by atoms with Gasteiger partial charge in [-0.15, -0.1) is 0 Å². The fourth-order valence-corrected chi connectivity index (χ4v) is 1.33. The highest BCUT2D eigenvalue weighted by Crippen LogP contribution is 2.25. The van der Waals surface area contributed by atoms with Crippen LogP contribution in [0.4, 0.5) is 5.69 Å². The molecule has 0 unspecified atom stereocenters. The second-order valence-corrected chi connectivity index (χ2v) is 2.63. The molecule has 0 aliphatic rings. The summed E-state index contributed by atoms with van der Waals surface area (Å²) >= 11 is 5.79. The number of nitrogens with one attached hydrogen (secondary N) is 1. The van der Waals surface area contributed by atoms with E-state index in [2.05, 4.69) is 9.97 Å². The van der Waals surface area contributed by atoms with Crippen LogP contribution in [0.5, 0.6) is 0 Å². The Kier molecular flexibility index (Phi) is 1.26. The van der Waals surface area contributed by atoms with Crippen LogP contribution in [0.1, 0.15) is 0 Å². The number of halogens is 1. The summed E-state index contributed by atoms with van der Waals surface area (Å²) in [6.07, 6.45) is 3.35. The van der Waals surface area contributed by atoms with Crippen molar-refractivity contribution in [2.24, 2.45) is 0 Å². The number of fused-ring (bicyclic) bond motifs is 1. The zero-order valence-electron chi connectivity index (χ0n) is 5.63. The van der Waals surface area contributed by atoms with Crippen LogP contribution in [0.25, 0.3) is 10.9 Å². The maximum Gasteiger partial charge on any atom is 0.140 e. The van der Waals surface area contributed by atoms with E-state index in [9.17, 15) is 0 Å². The molecule has 0 saturated heterocycles. The lowest BCUT2D eigenvalue weighted by molar-refractivity contribution is 1.35. The average Bonchev–Trinajstić information content (AvgIpc) is 2.34. The van der Waals surface area contributed by atoms with Crippen molar-refractivity contribution in [3.05, 3.63) is 23.6 Å². The molecule has 2 rings (SSSR count). The number of aromatic nitrogens is 2. The van der Waals surface area contributed by atoms with Gasteiger partial charge in [0.1, 0.15) is 5.15 Å². The number of pyridine rings is 1. The van der Waals surface area contributed by atoms with Crippen molar-refractivity contribution >= 4 is 28.2 Å². The Bertz CT molecular complexity index is 393. The summed E-state index contributed by atoms with van der Waals surface area (Å²) in [5.74, 6) is 0. The molecule has 3 nitrogen and oxygen atoms in total. The van der Waals surface area contributed by atoms with Gasteiger partial charge in [0.15, 0.2) is 0 Å². The molecule has 0 atom stereocenters. The molecular weight excluding hydrogens is 162 g/mol. The molecule has 11 heavy (non-hydrogen) atoms. The van der Waals surface area contributed by atoms with Gasteiger partial charge in [-0.2, -0.15) is 0 Å². The van der Waals surface area contributed by atoms with E-state index in [4.69, 9.17) is 17.3 Å². The maximum atomic E-state index is 5.79. The highest BCUT2D eigenvalue weighted by atomic mass is 35.5. The molecule has 4 heteroatoms. The van der Waals surface area contributed by atoms with Crippen molar-refractivity contribution < 1.29 is 0 Å². The summed E-state index contributed by atoms with van der Waals surface area (Å²) < 4.78 is 0. The SMILES string of the molecule is Nc1c[nH]c2ccnc(Cl)c12. The van der Waals surface area contributed by atoms with E-state index in [-0.39, 0.29) is 0 Å². The number of nitrogens with two attached hydrogens (primary N) is 1. The van der Waals surface area contributed by atoms with E-state index >= 15 is 0 Å². The molecule has 3 N–H and O–H groups in total. The summed E-state index contributed by atoms with van der Waals surface area (Å²) in [6, 6.07) is 1.83. The van der Waals surface area contributed by atoms with E-state index in [0.29, 0.717) is 10.8 Å². The number of nitrogens with zero attached hydrogens (tertiary/aromatic N) is 1. The summed E-state index contributed by atoms with van der Waals surface area (Å²) in [5, 5.41) is 1.25. The zero-order chi connectivity index (χ0) is 7.84. The summed E-state index contributed by atoms with van der Waals surface area (Å²) in [4.78, 5) is 6.89. The van der Waals surface area contributed by atoms with Crippen LogP contribution < -0.4 is 5.73 Å². The summed E-state index contributed by atoms with van der Waals surface area (Å²) in [7, 11) is 0. The van der Waals surface area contributed by atoms with Crippen LogP contribution in [0, 0.1) is 0 Å². The van der Waals surface area contributed by atoms with E-state index < -0.39 is 0 Å². The predicted octanol–water partition coefficient (Wildman–Crippen LogP) is 1.80. The molecule has 0 radical (unpaired) electrons. The number of hydrogen-bond acceptors (Lipinski definition) is 2. The van der Waals surface area contributed by atoms with Gasteiger partial charge in [0, 0.05) is 12.4 Å². The van der Waals surface area contributed by atoms with E-state index in [0.717, 1.165) is 10.9 Å². The zero-order valence-corrected chi connectivity index (χ0v) is 6.39. The molecule has 0 amide bonds. The number of anilines is 1. The van der Waals surface area contributed by atoms with E-state index in [1.165, 1.54) is 0 Å². The van der Waals surface area contributed by atoms with Gasteiger partial charge in [-0.3, -0.25) is 0 Å². The van der Waals surface area contributed by atoms with Crippen LogP contribution in [0.3, 0.4) is 0 Å². The van der Waals surface area contributed by atoms with Gasteiger partial charge in [-0.05, 0) is 6.07 Å². The molecular formula is C7H6ClN3. The Balaban J connectivity index is 2.96. The predicted molar refractivity (Wildman–Crippen MR) is 45.5 cm³/mol. The monoisotopic (exact) mass is 167 g/mol. The molecule has 0 fully saturated rings. The largest absolute Gasteiger partial charge is 0.397 e. The summed E-state index contributed by atoms with van der Waals surface area (Å²) in [5.41, 5.74) is 7.18. The van der Waals surface area contributed by atoms with Crippen LogP contribution in [-0.2, 0) is 0 Å². The Morgan fingerprint density at radius 3 is 3.09 bits per heavy atom. The van der Waals surface area contributed by atoms with Gasteiger partial charge in [-0.25, -0.2) is 4.98 Å². The molecule has 0 spiro atoms. The first-order chi connectivity index (χ1) is 5.29. The minimum absolute atomic E-state index is 0.446. The molecule has 2 aromatic rings. The van der Waals surface area contributed by atoms with Crippen LogP contribution >= 0.6 is 11.6 Å². The number of rotatable bonds is 0. The molecule has 0 saturated carbocycles. The highest BCUT2D eigenvalue weighted by Gasteiger charge is 2.03. The van der Waals surface area contributed by atoms with Gasteiger partial charge >= 0.3 is 0 Å². The third-order valence-electron chi connectivity index (χ3n) is 1.58. The van der Waals surface area contributed by atoms with Crippen molar-refractivity contribution in [1.29, 1.82) is 0 Å². The molecule has 2 aromatic heterocycles. The average molecular weight is 168 g/mol. The van der Waals surface area contributed by atoms with Crippen LogP contribution in [-0.4, -0.2) is 9.97 Å². The maximum absolute atomic E-state index is 5.79. The van der Waals surface area contributed by atoms with Crippen LogP contribution in [0.2, 0.25) is 5.15 Å². The number of hydrogen-bond donors (Lipinski definition) is 2. The van der Waals surface area contributed by atoms with Gasteiger partial charge in [0.05, 0.1) is 16.6 Å². The number of nitrogen functional groups attached to an aromatic ring is 1. The first kappa shape index (κ1) is 6.49. The Morgan fingerprint density at radius 2 is 2.36 bits per heavy atom. The molecule has 0 aromatic carbocycles. The lowest BCUT2D eigenvalue weighted by Gasteiger charge is -1.92. The van der Waals surface area contributed by atoms with Crippen molar-refractivity contribution in [3.8, 4) is 0 Å². The quantitative estimate of drug-likeness (QED) is 0.588. The summed E-state index contributed by atoms with van der Waals surface area (Å²) in [6.45, 7) is 0. The lowest BCUT2D eigenvalue weighted by atomic mass is 10.3. The molecule has 0 bridgehead atoms. The van der Waals surface area contributed by atoms with Gasteiger partial charge < -0.3 is 10.7 Å². The lowest BCUT2D eigenvalue weighted by Crippen LogP contribution is -1.82. The van der Waals surface area contributed by atoms with Gasteiger partial charge in [-0.1, -0.05) is 11.6 Å². The minimum Gasteiger partial charge on any atom is -0.397 e. The fourth-order valence-electron chi connectivity index (χ4n) is 1.06. The van der Waals surface area contributed by atoms with Crippen molar-refractivity contribution in [2.75, 3.05) is 5.73 Å². The first-order valence-electron chi connectivity index (χ1n) is 3.16. The second kappa shape index (κ2) is 2.13. The first-order valence-corrected chi connectivity index (χ1v) is 3.54. The molecule has 2 heterocycles. The number of H-pyrrole nitrogens is 1. The Morgan fingerprint density at radius 1 is 1.55 bits per heavy atom. The molecule has 56 valence electrons. The highest BCUT2D eigenvalue weighted by molar-refractivity contribution is 6.35. The Hall–Kier alpha value is -1.22. The van der Waals surface area contributed by atoms with Crippen LogP contribution in [0.15, 0.2) is 18.5 Å². The second-order valence-electron chi connectivity index (χ2n) is 2.27. The minimum atomic E-state index is 0.446. The van der Waals surface area contributed by atoms with Crippen molar-refractivity contribution in [3.63, 3.8) is 0 Å². The smallest absolute Gasteiger partial charge is 0.140 e. The number of aromatic amines is 1. The van der Waals surface area contributed by atoms with E-state index in [1.54, 1.807) is 12.4 Å².